The number of imidazole rings is 1. The van der Waals surface area contributed by atoms with Gasteiger partial charge in [-0.2, -0.15) is 5.26 Å². The summed E-state index contributed by atoms with van der Waals surface area (Å²) in [6.45, 7) is 4.09. The highest BCUT2D eigenvalue weighted by Gasteiger charge is 2.13. The molecule has 0 saturated carbocycles. The number of nitriles is 1. The van der Waals surface area contributed by atoms with Crippen LogP contribution >= 0.6 is 0 Å². The van der Waals surface area contributed by atoms with Crippen LogP contribution in [0.3, 0.4) is 0 Å². The lowest BCUT2D eigenvalue weighted by atomic mass is 10.1. The maximum atomic E-state index is 9.30. The Balaban J connectivity index is 2.62. The molecule has 0 saturated heterocycles. The Hall–Kier alpha value is -2.34. The van der Waals surface area contributed by atoms with Gasteiger partial charge in [-0.25, -0.2) is 4.98 Å². The number of fused-ring (bicyclic) bond motifs is 3. The fourth-order valence-electron chi connectivity index (χ4n) is 2.45. The first kappa shape index (κ1) is 10.8. The van der Waals surface area contributed by atoms with E-state index in [9.17, 15) is 5.26 Å². The summed E-state index contributed by atoms with van der Waals surface area (Å²) in [5, 5.41) is 9.30. The molecular formula is C15H13N3. The van der Waals surface area contributed by atoms with Gasteiger partial charge in [0.15, 0.2) is 5.65 Å². The van der Waals surface area contributed by atoms with E-state index in [1.165, 1.54) is 5.69 Å². The van der Waals surface area contributed by atoms with Gasteiger partial charge in [-0.05, 0) is 37.1 Å². The molecule has 88 valence electrons. The topological polar surface area (TPSA) is 41.1 Å². The van der Waals surface area contributed by atoms with Crippen LogP contribution in [0.5, 0.6) is 0 Å². The first-order chi connectivity index (χ1) is 8.76. The zero-order valence-corrected chi connectivity index (χ0v) is 10.4. The van der Waals surface area contributed by atoms with Gasteiger partial charge in [0.1, 0.15) is 6.07 Å². The van der Waals surface area contributed by atoms with Gasteiger partial charge in [0.05, 0.1) is 16.6 Å². The van der Waals surface area contributed by atoms with Crippen molar-refractivity contribution in [3.05, 3.63) is 47.2 Å². The normalized spacial score (nSPS) is 10.9. The Morgan fingerprint density at radius 3 is 2.83 bits per heavy atom. The summed E-state index contributed by atoms with van der Waals surface area (Å²) in [6.07, 6.45) is 0.920. The van der Waals surface area contributed by atoms with Crippen molar-refractivity contribution < 1.29 is 0 Å². The minimum atomic E-state index is 0.670. The highest BCUT2D eigenvalue weighted by molar-refractivity contribution is 5.83. The van der Waals surface area contributed by atoms with Crippen LogP contribution in [0.15, 0.2) is 30.3 Å². The van der Waals surface area contributed by atoms with Gasteiger partial charge in [-0.15, -0.1) is 0 Å². The third-order valence-electron chi connectivity index (χ3n) is 3.32. The Labute approximate surface area is 105 Å². The quantitative estimate of drug-likeness (QED) is 0.649. The Morgan fingerprint density at radius 1 is 1.33 bits per heavy atom. The lowest BCUT2D eigenvalue weighted by molar-refractivity contribution is 0.989. The van der Waals surface area contributed by atoms with Crippen LogP contribution in [0.1, 0.15) is 23.7 Å². The molecule has 1 aromatic carbocycles. The molecule has 0 aliphatic heterocycles. The number of nitrogens with zero attached hydrogens (tertiary/aromatic N) is 3. The van der Waals surface area contributed by atoms with Gasteiger partial charge in [-0.3, -0.25) is 4.40 Å². The molecule has 0 aliphatic carbocycles. The highest BCUT2D eigenvalue weighted by Crippen LogP contribution is 2.23. The predicted molar refractivity (Wildman–Crippen MR) is 71.5 cm³/mol. The summed E-state index contributed by atoms with van der Waals surface area (Å²) in [4.78, 5) is 4.60. The maximum Gasteiger partial charge on any atom is 0.156 e. The van der Waals surface area contributed by atoms with Gasteiger partial charge in [0.2, 0.25) is 0 Å². The van der Waals surface area contributed by atoms with Crippen LogP contribution in [-0.4, -0.2) is 9.38 Å². The van der Waals surface area contributed by atoms with Crippen molar-refractivity contribution in [3.63, 3.8) is 0 Å². The summed E-state index contributed by atoms with van der Waals surface area (Å²) >= 11 is 0. The van der Waals surface area contributed by atoms with Gasteiger partial charge in [-0.1, -0.05) is 19.1 Å². The van der Waals surface area contributed by atoms with Crippen molar-refractivity contribution in [1.82, 2.24) is 9.38 Å². The van der Waals surface area contributed by atoms with Crippen molar-refractivity contribution in [2.24, 2.45) is 0 Å². The summed E-state index contributed by atoms with van der Waals surface area (Å²) in [5.41, 5.74) is 5.64. The molecule has 0 aliphatic rings. The predicted octanol–water partition coefficient (Wildman–Crippen LogP) is 3.23. The van der Waals surface area contributed by atoms with Crippen LogP contribution in [0, 0.1) is 18.3 Å². The van der Waals surface area contributed by atoms with Crippen LogP contribution in [0.4, 0.5) is 0 Å². The van der Waals surface area contributed by atoms with Crippen LogP contribution in [-0.2, 0) is 6.42 Å². The molecule has 0 atom stereocenters. The van der Waals surface area contributed by atoms with E-state index in [1.807, 2.05) is 31.2 Å². The van der Waals surface area contributed by atoms with E-state index in [4.69, 9.17) is 0 Å². The zero-order chi connectivity index (χ0) is 12.7. The third-order valence-corrected chi connectivity index (χ3v) is 3.32. The van der Waals surface area contributed by atoms with Crippen LogP contribution in [0.2, 0.25) is 0 Å². The average molecular weight is 235 g/mol. The number of rotatable bonds is 1. The standard InChI is InChI=1S/C15H13N3/c1-3-11-8-10(2)12(9-16)15-17-13-6-4-5-7-14(13)18(11)15/h4-8H,3H2,1-2H3. The Bertz CT molecular complexity index is 791. The van der Waals surface area contributed by atoms with Crippen LogP contribution < -0.4 is 0 Å². The molecule has 2 aromatic heterocycles. The highest BCUT2D eigenvalue weighted by atomic mass is 15.0. The summed E-state index contributed by atoms with van der Waals surface area (Å²) < 4.78 is 2.10. The molecule has 0 radical (unpaired) electrons. The van der Waals surface area contributed by atoms with E-state index >= 15 is 0 Å². The Morgan fingerprint density at radius 2 is 2.11 bits per heavy atom. The first-order valence-electron chi connectivity index (χ1n) is 6.06. The Kier molecular flexibility index (Phi) is 2.31. The fraction of sp³-hybridized carbons (Fsp3) is 0.200. The molecule has 3 rings (SSSR count). The SMILES string of the molecule is CCc1cc(C)c(C#N)c2nc3ccccc3n12. The minimum Gasteiger partial charge on any atom is -0.296 e. The molecule has 0 N–H and O–H groups in total. The molecule has 3 nitrogen and oxygen atoms in total. The fourth-order valence-corrected chi connectivity index (χ4v) is 2.45. The molecule has 18 heavy (non-hydrogen) atoms. The first-order valence-corrected chi connectivity index (χ1v) is 6.06. The van der Waals surface area contributed by atoms with E-state index in [0.29, 0.717) is 5.56 Å². The molecular weight excluding hydrogens is 222 g/mol. The maximum absolute atomic E-state index is 9.30. The molecule has 3 aromatic rings. The van der Waals surface area contributed by atoms with E-state index in [2.05, 4.69) is 28.4 Å². The van der Waals surface area contributed by atoms with Gasteiger partial charge in [0.25, 0.3) is 0 Å². The summed E-state index contributed by atoms with van der Waals surface area (Å²) in [5.74, 6) is 0. The van der Waals surface area contributed by atoms with E-state index in [0.717, 1.165) is 28.7 Å². The van der Waals surface area contributed by atoms with E-state index in [-0.39, 0.29) is 0 Å². The summed E-state index contributed by atoms with van der Waals surface area (Å²) in [6, 6.07) is 12.4. The number of hydrogen-bond donors (Lipinski definition) is 0. The number of pyridine rings is 1. The molecule has 3 heteroatoms. The second-order valence-electron chi connectivity index (χ2n) is 4.42. The van der Waals surface area contributed by atoms with Gasteiger partial charge >= 0.3 is 0 Å². The summed E-state index contributed by atoms with van der Waals surface area (Å²) in [7, 11) is 0. The molecule has 0 bridgehead atoms. The lowest BCUT2D eigenvalue weighted by Gasteiger charge is -2.07. The van der Waals surface area contributed by atoms with E-state index in [1.54, 1.807) is 0 Å². The molecule has 2 heterocycles. The second-order valence-corrected chi connectivity index (χ2v) is 4.42. The number of benzene rings is 1. The zero-order valence-electron chi connectivity index (χ0n) is 10.4. The average Bonchev–Trinajstić information content (AvgIpc) is 2.77. The molecule has 0 unspecified atom stereocenters. The van der Waals surface area contributed by atoms with Crippen molar-refractivity contribution in [2.75, 3.05) is 0 Å². The van der Waals surface area contributed by atoms with Gasteiger partial charge in [0, 0.05) is 5.69 Å². The largest absolute Gasteiger partial charge is 0.296 e. The number of hydrogen-bond acceptors (Lipinski definition) is 2. The van der Waals surface area contributed by atoms with Crippen molar-refractivity contribution >= 4 is 16.7 Å². The lowest BCUT2D eigenvalue weighted by Crippen LogP contribution is -1.99. The van der Waals surface area contributed by atoms with Gasteiger partial charge < -0.3 is 0 Å². The monoisotopic (exact) mass is 235 g/mol. The van der Waals surface area contributed by atoms with Crippen molar-refractivity contribution in [2.45, 2.75) is 20.3 Å². The van der Waals surface area contributed by atoms with Crippen molar-refractivity contribution in [1.29, 1.82) is 5.26 Å². The van der Waals surface area contributed by atoms with Crippen LogP contribution in [0.25, 0.3) is 16.7 Å². The number of aryl methyl sites for hydroxylation is 2. The number of para-hydroxylation sites is 2. The second kappa shape index (κ2) is 3.85. The van der Waals surface area contributed by atoms with Crippen molar-refractivity contribution in [3.8, 4) is 6.07 Å². The third kappa shape index (κ3) is 1.32. The smallest absolute Gasteiger partial charge is 0.156 e. The van der Waals surface area contributed by atoms with E-state index < -0.39 is 0 Å². The minimum absolute atomic E-state index is 0.670. The molecule has 0 spiro atoms. The molecule has 0 fully saturated rings. The number of aromatic nitrogens is 2. The molecule has 0 amide bonds.